The molecule has 0 aromatic heterocycles. The molecule has 0 spiro atoms. The first-order chi connectivity index (χ1) is 29.7. The fourth-order valence-electron chi connectivity index (χ4n) is 7.85. The Kier molecular flexibility index (Phi) is 16.8. The molecule has 3 fully saturated rings. The molecule has 4 bridgehead atoms. The Morgan fingerprint density at radius 3 is 2.40 bits per heavy atom. The third-order valence-corrected chi connectivity index (χ3v) is 14.7. The second-order valence-corrected chi connectivity index (χ2v) is 19.5. The van der Waals surface area contributed by atoms with Gasteiger partial charge in [0.2, 0.25) is 23.6 Å². The lowest BCUT2D eigenvalue weighted by Crippen LogP contribution is -2.63. The first-order valence-electron chi connectivity index (χ1n) is 20.7. The molecule has 4 aliphatic heterocycles. The molecule has 2 N–H and O–H groups in total. The van der Waals surface area contributed by atoms with Gasteiger partial charge in [-0.25, -0.2) is 9.59 Å². The van der Waals surface area contributed by atoms with Gasteiger partial charge in [-0.3, -0.25) is 34.2 Å². The molecule has 4 heterocycles. The number of fused-ring (bicyclic) bond motifs is 5. The van der Waals surface area contributed by atoms with Gasteiger partial charge in [-0.15, -0.1) is 0 Å². The number of allylic oxidation sites excluding steroid dienone is 3. The Morgan fingerprint density at radius 2 is 1.75 bits per heavy atom. The zero-order valence-corrected chi connectivity index (χ0v) is 39.2. The summed E-state index contributed by atoms with van der Waals surface area (Å²) in [6.07, 6.45) is 1.06. The highest BCUT2D eigenvalue weighted by atomic mass is 35.5. The number of methoxy groups -OCH3 is 2. The molecule has 5 rings (SSSR count). The van der Waals surface area contributed by atoms with Crippen LogP contribution < -0.4 is 15.0 Å². The number of likely N-dealkylation sites (N-methyl/N-ethyl adjacent to an activating group) is 1. The van der Waals surface area contributed by atoms with E-state index in [1.807, 2.05) is 13.0 Å². The van der Waals surface area contributed by atoms with E-state index in [0.29, 0.717) is 29.4 Å². The minimum atomic E-state index is -1.86. The molecular weight excluding hydrogens is 880 g/mol. The van der Waals surface area contributed by atoms with Gasteiger partial charge in [-0.2, -0.15) is 0 Å². The molecule has 1 aromatic carbocycles. The number of hydrogen-bond acceptors (Lipinski definition) is 15. The summed E-state index contributed by atoms with van der Waals surface area (Å²) in [6, 6.07) is 2.47. The smallest absolute Gasteiger partial charge is 0.409 e. The molecule has 0 aliphatic carbocycles. The van der Waals surface area contributed by atoms with Gasteiger partial charge in [0.25, 0.3) is 0 Å². The van der Waals surface area contributed by atoms with Crippen molar-refractivity contribution in [1.82, 2.24) is 15.1 Å². The number of epoxide rings is 1. The molecule has 1 unspecified atom stereocenters. The molecule has 63 heavy (non-hydrogen) atoms. The average Bonchev–Trinajstić information content (AvgIpc) is 3.84. The normalized spacial score (nSPS) is 29.4. The van der Waals surface area contributed by atoms with Crippen molar-refractivity contribution in [3.8, 4) is 5.75 Å². The van der Waals surface area contributed by atoms with Crippen LogP contribution in [0.15, 0.2) is 35.9 Å². The van der Waals surface area contributed by atoms with Crippen molar-refractivity contribution < 1.29 is 62.4 Å². The van der Waals surface area contributed by atoms with Gasteiger partial charge in [-0.05, 0) is 44.9 Å². The number of aliphatic hydroxyl groups is 1. The summed E-state index contributed by atoms with van der Waals surface area (Å²) in [5, 5.41) is 14.5. The van der Waals surface area contributed by atoms with E-state index in [-0.39, 0.29) is 73.6 Å². The van der Waals surface area contributed by atoms with Crippen molar-refractivity contribution >= 4 is 80.4 Å². The Hall–Kier alpha value is -4.14. The van der Waals surface area contributed by atoms with Crippen molar-refractivity contribution in [3.05, 3.63) is 46.5 Å². The lowest BCUT2D eigenvalue weighted by atomic mass is 9.83. The average molecular weight is 938 g/mol. The van der Waals surface area contributed by atoms with E-state index >= 15 is 0 Å². The number of benzene rings is 1. The molecule has 346 valence electrons. The van der Waals surface area contributed by atoms with Gasteiger partial charge in [0, 0.05) is 70.7 Å². The summed E-state index contributed by atoms with van der Waals surface area (Å²) in [7, 11) is 8.68. The largest absolute Gasteiger partial charge is 0.495 e. The number of nitrogens with zero attached hydrogens (tertiary/aromatic N) is 3. The number of carbonyl (C=O) groups excluding carboxylic acids is 7. The van der Waals surface area contributed by atoms with Gasteiger partial charge in [0.05, 0.1) is 31.9 Å². The summed E-state index contributed by atoms with van der Waals surface area (Å²) in [5.41, 5.74) is -1.09. The SMILES string of the molecule is COc1cc2cc(c1Cl)N(C)C(=O)C[C@H](OC(=O)[C@H](C)N(C)C(=O)CCSSCCC(=O)CN1C(=O)CCC1=O)[C@]1(C)O[C@H]1C(C)[C@@H]1C[C@@](O)(NC(=O)O1)[C@H](OC)/C=C/C=C(\C)C2. The molecule has 5 amide bonds. The summed E-state index contributed by atoms with van der Waals surface area (Å²) >= 11 is 6.78. The van der Waals surface area contributed by atoms with Crippen LogP contribution in [-0.4, -0.2) is 145 Å². The minimum absolute atomic E-state index is 0.0727. The zero-order chi connectivity index (χ0) is 46.4. The van der Waals surface area contributed by atoms with E-state index in [0.717, 1.165) is 16.0 Å². The van der Waals surface area contributed by atoms with Crippen LogP contribution in [-0.2, 0) is 54.1 Å². The van der Waals surface area contributed by atoms with Crippen LogP contribution in [0, 0.1) is 5.92 Å². The number of imide groups is 1. The standard InChI is InChI=1S/C43H57ClN4O13S2/c1-24-10-9-11-32(58-8)43(56)22-31(59-41(55)45-43)25(2)39-42(4,61-39)33(21-37(53)47(6)29-19-27(18-24)20-30(57-7)38(29)44)60-40(54)26(3)46(5)34(50)15-17-63-62-16-14-28(49)23-48-35(51)12-13-36(48)52/h9-11,19-20,25-26,31-33,39,56H,12-18,21-23H2,1-8H3,(H,45,55)/b11-9+,24-10+/t25?,26-,31-,32+,33-,39-,42-,43-/m0/s1. The van der Waals surface area contributed by atoms with Crippen LogP contribution in [0.3, 0.4) is 0 Å². The molecule has 1 aromatic rings. The van der Waals surface area contributed by atoms with E-state index in [2.05, 4.69) is 5.32 Å². The summed E-state index contributed by atoms with van der Waals surface area (Å²) in [6.45, 7) is 6.66. The van der Waals surface area contributed by atoms with Gasteiger partial charge < -0.3 is 38.6 Å². The maximum absolute atomic E-state index is 14.2. The number of anilines is 1. The zero-order valence-electron chi connectivity index (χ0n) is 36.8. The second-order valence-electron chi connectivity index (χ2n) is 16.5. The molecule has 0 radical (unpaired) electrons. The molecule has 0 saturated carbocycles. The Balaban J connectivity index is 1.31. The number of nitrogens with one attached hydrogen (secondary N) is 1. The first kappa shape index (κ1) is 49.9. The van der Waals surface area contributed by atoms with Gasteiger partial charge in [-0.1, -0.05) is 63.9 Å². The number of rotatable bonds is 14. The van der Waals surface area contributed by atoms with Crippen LogP contribution in [0.1, 0.15) is 71.8 Å². The van der Waals surface area contributed by atoms with Crippen LogP contribution in [0.2, 0.25) is 5.02 Å². The third kappa shape index (κ3) is 12.0. The number of ketones is 1. The maximum Gasteiger partial charge on any atom is 0.409 e. The lowest BCUT2D eigenvalue weighted by Gasteiger charge is -2.42. The number of hydrogen-bond donors (Lipinski definition) is 2. The van der Waals surface area contributed by atoms with Crippen molar-refractivity contribution in [2.24, 2.45) is 5.92 Å². The van der Waals surface area contributed by atoms with E-state index in [1.165, 1.54) is 59.6 Å². The van der Waals surface area contributed by atoms with E-state index < -0.39 is 65.7 Å². The summed E-state index contributed by atoms with van der Waals surface area (Å²) < 4.78 is 29.3. The van der Waals surface area contributed by atoms with E-state index in [1.54, 1.807) is 45.2 Å². The van der Waals surface area contributed by atoms with Crippen LogP contribution in [0.5, 0.6) is 5.75 Å². The fourth-order valence-corrected chi connectivity index (χ4v) is 10.2. The number of likely N-dealkylation sites (tertiary alicyclic amines) is 1. The highest BCUT2D eigenvalue weighted by Crippen LogP contribution is 2.49. The first-order valence-corrected chi connectivity index (χ1v) is 23.5. The van der Waals surface area contributed by atoms with E-state index in [4.69, 9.17) is 35.3 Å². The summed E-state index contributed by atoms with van der Waals surface area (Å²) in [5.74, 6) is -1.92. The Labute approximate surface area is 380 Å². The van der Waals surface area contributed by atoms with Crippen LogP contribution in [0.25, 0.3) is 0 Å². The highest BCUT2D eigenvalue weighted by Gasteiger charge is 2.64. The van der Waals surface area contributed by atoms with Gasteiger partial charge in [0.15, 0.2) is 11.5 Å². The van der Waals surface area contributed by atoms with Crippen molar-refractivity contribution in [1.29, 1.82) is 0 Å². The Bertz CT molecular complexity index is 2000. The third-order valence-electron chi connectivity index (χ3n) is 12.0. The highest BCUT2D eigenvalue weighted by molar-refractivity contribution is 8.76. The number of alkyl carbamates (subject to hydrolysis) is 1. The predicted octanol–water partition coefficient (Wildman–Crippen LogP) is 4.39. The van der Waals surface area contributed by atoms with Crippen molar-refractivity contribution in [3.63, 3.8) is 0 Å². The molecule has 20 heteroatoms. The quantitative estimate of drug-likeness (QED) is 0.0871. The molecule has 17 nitrogen and oxygen atoms in total. The number of esters is 1. The predicted molar refractivity (Wildman–Crippen MR) is 236 cm³/mol. The second kappa shape index (κ2) is 21.2. The summed E-state index contributed by atoms with van der Waals surface area (Å²) in [4.78, 5) is 93.9. The number of Topliss-reactive ketones (excluding diaryl/α,β-unsaturated/α-hetero) is 1. The number of amides is 5. The fraction of sp³-hybridized carbons (Fsp3) is 0.605. The van der Waals surface area contributed by atoms with Crippen molar-refractivity contribution in [2.45, 2.75) is 114 Å². The topological polar surface area (TPSA) is 211 Å². The molecule has 3 saturated heterocycles. The van der Waals surface area contributed by atoms with Crippen LogP contribution in [0.4, 0.5) is 10.5 Å². The molecular formula is C43H57ClN4O13S2. The molecule has 8 atom stereocenters. The maximum atomic E-state index is 14.2. The lowest BCUT2D eigenvalue weighted by molar-refractivity contribution is -0.162. The number of carbonyl (C=O) groups is 7. The van der Waals surface area contributed by atoms with E-state index in [9.17, 15) is 38.7 Å². The number of halogens is 1. The van der Waals surface area contributed by atoms with Crippen molar-refractivity contribution in [2.75, 3.05) is 51.3 Å². The van der Waals surface area contributed by atoms with Gasteiger partial charge in [0.1, 0.15) is 40.7 Å². The monoisotopic (exact) mass is 936 g/mol. The van der Waals surface area contributed by atoms with Crippen LogP contribution >= 0.6 is 33.2 Å². The Morgan fingerprint density at radius 1 is 1.08 bits per heavy atom. The minimum Gasteiger partial charge on any atom is -0.495 e. The molecule has 4 aliphatic rings. The van der Waals surface area contributed by atoms with Gasteiger partial charge >= 0.3 is 12.1 Å². The number of ether oxygens (including phenoxy) is 5.